The number of fused-ring (bicyclic) bond motifs is 3. The van der Waals surface area contributed by atoms with Crippen LogP contribution in [0.15, 0.2) is 82.7 Å². The van der Waals surface area contributed by atoms with Crippen LogP contribution in [0.2, 0.25) is 0 Å². The molecular formula is C26H22N6O3S. The maximum Gasteiger partial charge on any atom is 0.328 e. The summed E-state index contributed by atoms with van der Waals surface area (Å²) in [5.74, 6) is 0.619. The summed E-state index contributed by atoms with van der Waals surface area (Å²) in [6.07, 6.45) is 3.57. The van der Waals surface area contributed by atoms with Crippen LogP contribution in [0.5, 0.6) is 0 Å². The lowest BCUT2D eigenvalue weighted by atomic mass is 10.1. The lowest BCUT2D eigenvalue weighted by Crippen LogP contribution is -2.19. The zero-order valence-electron chi connectivity index (χ0n) is 19.8. The molecule has 180 valence electrons. The number of benzene rings is 3. The van der Waals surface area contributed by atoms with Gasteiger partial charge in [-0.25, -0.2) is 22.9 Å². The molecule has 0 atom stereocenters. The van der Waals surface area contributed by atoms with Gasteiger partial charge >= 0.3 is 5.69 Å². The van der Waals surface area contributed by atoms with Crippen molar-refractivity contribution in [1.29, 1.82) is 0 Å². The second-order valence-electron chi connectivity index (χ2n) is 8.61. The average Bonchev–Trinajstić information content (AvgIpc) is 3.38. The highest BCUT2D eigenvalue weighted by atomic mass is 32.2. The van der Waals surface area contributed by atoms with Crippen LogP contribution in [-0.4, -0.2) is 39.1 Å². The summed E-state index contributed by atoms with van der Waals surface area (Å²) in [7, 11) is 1.17. The number of hydrogen-bond acceptors (Lipinski definition) is 5. The Bertz CT molecular complexity index is 1990. The molecule has 6 rings (SSSR count). The van der Waals surface area contributed by atoms with E-state index < -0.39 is 10.0 Å². The summed E-state index contributed by atoms with van der Waals surface area (Å²) in [6, 6.07) is 18.5. The van der Waals surface area contributed by atoms with Gasteiger partial charge < -0.3 is 0 Å². The average molecular weight is 499 g/mol. The zero-order valence-corrected chi connectivity index (χ0v) is 20.6. The standard InChI is InChI=1S/C26H22N6O3S/c1-27-36(34,35)18-9-10-21-23(13-18)32(17-8-11-22-24(12-17)31(3)26(33)30(22)2)25(29-21)20-15-28-14-16-6-4-5-7-19(16)20/h4-15,27H,1-3H3. The molecule has 3 aromatic carbocycles. The number of hydrogen-bond donors (Lipinski definition) is 1. The van der Waals surface area contributed by atoms with Crippen molar-refractivity contribution in [2.24, 2.45) is 14.1 Å². The summed E-state index contributed by atoms with van der Waals surface area (Å²) >= 11 is 0. The van der Waals surface area contributed by atoms with Crippen molar-refractivity contribution in [3.63, 3.8) is 0 Å². The molecule has 3 aromatic heterocycles. The minimum atomic E-state index is -3.67. The molecule has 0 aliphatic carbocycles. The number of pyridine rings is 1. The number of nitrogens with one attached hydrogen (secondary N) is 1. The van der Waals surface area contributed by atoms with Crippen LogP contribution in [0, 0.1) is 0 Å². The molecular weight excluding hydrogens is 476 g/mol. The SMILES string of the molecule is CNS(=O)(=O)c1ccc2nc(-c3cncc4ccccc34)n(-c3ccc4c(c3)n(C)c(=O)n4C)c2c1. The molecule has 0 amide bonds. The Labute approximate surface area is 206 Å². The largest absolute Gasteiger partial charge is 0.328 e. The van der Waals surface area contributed by atoms with Crippen molar-refractivity contribution >= 4 is 42.9 Å². The Morgan fingerprint density at radius 2 is 1.64 bits per heavy atom. The van der Waals surface area contributed by atoms with Crippen LogP contribution in [0.3, 0.4) is 0 Å². The molecule has 0 saturated carbocycles. The molecule has 0 spiro atoms. The van der Waals surface area contributed by atoms with Crippen LogP contribution in [0.4, 0.5) is 0 Å². The predicted molar refractivity (Wildman–Crippen MR) is 140 cm³/mol. The van der Waals surface area contributed by atoms with Crippen molar-refractivity contribution in [3.8, 4) is 17.1 Å². The number of aryl methyl sites for hydroxylation is 2. The van der Waals surface area contributed by atoms with Gasteiger partial charge in [-0.1, -0.05) is 24.3 Å². The Kier molecular flexibility index (Phi) is 4.85. The minimum absolute atomic E-state index is 0.126. The van der Waals surface area contributed by atoms with Crippen molar-refractivity contribution < 1.29 is 8.42 Å². The van der Waals surface area contributed by atoms with Crippen LogP contribution in [0.1, 0.15) is 0 Å². The first kappa shape index (κ1) is 22.2. The van der Waals surface area contributed by atoms with E-state index >= 15 is 0 Å². The van der Waals surface area contributed by atoms with Gasteiger partial charge in [-0.15, -0.1) is 0 Å². The first-order chi connectivity index (χ1) is 17.3. The highest BCUT2D eigenvalue weighted by molar-refractivity contribution is 7.89. The topological polar surface area (TPSA) is 104 Å². The fourth-order valence-electron chi connectivity index (χ4n) is 4.71. The Hall–Kier alpha value is -4.28. The van der Waals surface area contributed by atoms with Gasteiger partial charge in [0.1, 0.15) is 5.82 Å². The number of rotatable bonds is 4. The van der Waals surface area contributed by atoms with Gasteiger partial charge in [0, 0.05) is 43.1 Å². The Morgan fingerprint density at radius 3 is 2.44 bits per heavy atom. The highest BCUT2D eigenvalue weighted by Gasteiger charge is 2.21. The van der Waals surface area contributed by atoms with E-state index in [1.807, 2.05) is 47.0 Å². The molecule has 0 fully saturated rings. The highest BCUT2D eigenvalue weighted by Crippen LogP contribution is 2.34. The monoisotopic (exact) mass is 498 g/mol. The van der Waals surface area contributed by atoms with E-state index in [2.05, 4.69) is 9.71 Å². The number of sulfonamides is 1. The van der Waals surface area contributed by atoms with Gasteiger partial charge in [0.25, 0.3) is 0 Å². The molecule has 6 aromatic rings. The Morgan fingerprint density at radius 1 is 0.861 bits per heavy atom. The number of imidazole rings is 2. The lowest BCUT2D eigenvalue weighted by Gasteiger charge is -2.12. The van der Waals surface area contributed by atoms with Gasteiger partial charge in [-0.2, -0.15) is 0 Å². The number of nitrogens with zero attached hydrogens (tertiary/aromatic N) is 5. The third kappa shape index (κ3) is 3.19. The van der Waals surface area contributed by atoms with Crippen LogP contribution in [0.25, 0.3) is 49.9 Å². The fraction of sp³-hybridized carbons (Fsp3) is 0.115. The third-order valence-corrected chi connectivity index (χ3v) is 8.04. The van der Waals surface area contributed by atoms with Gasteiger partial charge in [0.15, 0.2) is 0 Å². The zero-order chi connectivity index (χ0) is 25.2. The summed E-state index contributed by atoms with van der Waals surface area (Å²) in [5.41, 5.74) is 4.23. The van der Waals surface area contributed by atoms with E-state index in [9.17, 15) is 13.2 Å². The van der Waals surface area contributed by atoms with E-state index in [1.165, 1.54) is 7.05 Å². The van der Waals surface area contributed by atoms with E-state index in [4.69, 9.17) is 4.98 Å². The first-order valence-electron chi connectivity index (χ1n) is 11.2. The summed E-state index contributed by atoms with van der Waals surface area (Å²) in [5, 5.41) is 1.94. The second kappa shape index (κ2) is 7.87. The predicted octanol–water partition coefficient (Wildman–Crippen LogP) is 3.34. The van der Waals surface area contributed by atoms with Crippen molar-refractivity contribution in [1.82, 2.24) is 28.4 Å². The molecule has 3 heterocycles. The summed E-state index contributed by atoms with van der Waals surface area (Å²) < 4.78 is 32.7. The molecule has 36 heavy (non-hydrogen) atoms. The molecule has 9 nitrogen and oxygen atoms in total. The normalized spacial score (nSPS) is 12.2. The molecule has 1 N–H and O–H groups in total. The molecule has 0 unspecified atom stereocenters. The molecule has 0 bridgehead atoms. The quantitative estimate of drug-likeness (QED) is 0.402. The lowest BCUT2D eigenvalue weighted by molar-refractivity contribution is 0.588. The van der Waals surface area contributed by atoms with Crippen LogP contribution in [-0.2, 0) is 24.1 Å². The smallest absolute Gasteiger partial charge is 0.295 e. The van der Waals surface area contributed by atoms with E-state index in [-0.39, 0.29) is 10.6 Å². The van der Waals surface area contributed by atoms with Gasteiger partial charge in [0.2, 0.25) is 10.0 Å². The van der Waals surface area contributed by atoms with E-state index in [0.29, 0.717) is 16.9 Å². The second-order valence-corrected chi connectivity index (χ2v) is 10.5. The maximum absolute atomic E-state index is 12.6. The van der Waals surface area contributed by atoms with E-state index in [1.54, 1.807) is 53.8 Å². The minimum Gasteiger partial charge on any atom is -0.295 e. The first-order valence-corrected chi connectivity index (χ1v) is 12.7. The van der Waals surface area contributed by atoms with Crippen LogP contribution < -0.4 is 10.4 Å². The molecule has 0 saturated heterocycles. The van der Waals surface area contributed by atoms with Gasteiger partial charge in [-0.3, -0.25) is 18.7 Å². The maximum atomic E-state index is 12.6. The summed E-state index contributed by atoms with van der Waals surface area (Å²) in [4.78, 5) is 22.0. The number of aromatic nitrogens is 5. The molecule has 0 radical (unpaired) electrons. The van der Waals surface area contributed by atoms with Gasteiger partial charge in [0.05, 0.1) is 27.0 Å². The van der Waals surface area contributed by atoms with Gasteiger partial charge in [-0.05, 0) is 48.8 Å². The van der Waals surface area contributed by atoms with E-state index in [0.717, 1.165) is 33.1 Å². The molecule has 10 heteroatoms. The third-order valence-electron chi connectivity index (χ3n) is 6.63. The van der Waals surface area contributed by atoms with Crippen molar-refractivity contribution in [3.05, 3.63) is 83.5 Å². The van der Waals surface area contributed by atoms with Crippen molar-refractivity contribution in [2.75, 3.05) is 7.05 Å². The molecule has 0 aliphatic rings. The molecule has 0 aliphatic heterocycles. The van der Waals surface area contributed by atoms with Crippen molar-refractivity contribution in [2.45, 2.75) is 4.90 Å². The Balaban J connectivity index is 1.74. The fourth-order valence-corrected chi connectivity index (χ4v) is 5.46. The van der Waals surface area contributed by atoms with Crippen LogP contribution >= 0.6 is 0 Å². The summed E-state index contributed by atoms with van der Waals surface area (Å²) in [6.45, 7) is 0.